The van der Waals surface area contributed by atoms with Crippen LogP contribution >= 0.6 is 11.6 Å². The summed E-state index contributed by atoms with van der Waals surface area (Å²) in [6.07, 6.45) is -0.162. The van der Waals surface area contributed by atoms with Gasteiger partial charge in [-0.25, -0.2) is 4.39 Å². The van der Waals surface area contributed by atoms with E-state index in [1.165, 1.54) is 12.1 Å². The number of carbonyl (C=O) groups is 1. The third kappa shape index (κ3) is 3.97. The summed E-state index contributed by atoms with van der Waals surface area (Å²) in [5.74, 6) is -0.503. The SMILES string of the molecule is O=C(Cc1ccccc1F)OCc1nc(-c2ccc(Cl)cc2)no1. The van der Waals surface area contributed by atoms with Gasteiger partial charge in [0.05, 0.1) is 6.42 Å². The van der Waals surface area contributed by atoms with Crippen molar-refractivity contribution in [3.8, 4) is 11.4 Å². The molecule has 0 saturated carbocycles. The van der Waals surface area contributed by atoms with Crippen LogP contribution in [0.15, 0.2) is 53.1 Å². The molecule has 0 aliphatic heterocycles. The van der Waals surface area contributed by atoms with Gasteiger partial charge in [0.1, 0.15) is 5.82 Å². The number of nitrogens with zero attached hydrogens (tertiary/aromatic N) is 2. The Labute approximate surface area is 142 Å². The highest BCUT2D eigenvalue weighted by Gasteiger charge is 2.13. The fourth-order valence-electron chi connectivity index (χ4n) is 2.02. The lowest BCUT2D eigenvalue weighted by Crippen LogP contribution is -2.09. The first-order chi connectivity index (χ1) is 11.6. The van der Waals surface area contributed by atoms with Crippen LogP contribution in [0.25, 0.3) is 11.4 Å². The predicted molar refractivity (Wildman–Crippen MR) is 84.6 cm³/mol. The molecule has 0 atom stereocenters. The van der Waals surface area contributed by atoms with Crippen molar-refractivity contribution in [2.24, 2.45) is 0 Å². The minimum atomic E-state index is -0.577. The summed E-state index contributed by atoms with van der Waals surface area (Å²) in [4.78, 5) is 15.9. The van der Waals surface area contributed by atoms with Gasteiger partial charge in [-0.1, -0.05) is 35.0 Å². The van der Waals surface area contributed by atoms with Crippen molar-refractivity contribution in [2.45, 2.75) is 13.0 Å². The molecule has 5 nitrogen and oxygen atoms in total. The fourth-order valence-corrected chi connectivity index (χ4v) is 2.15. The molecule has 0 radical (unpaired) electrons. The van der Waals surface area contributed by atoms with Crippen LogP contribution in [0.1, 0.15) is 11.5 Å². The number of hydrogen-bond acceptors (Lipinski definition) is 5. The van der Waals surface area contributed by atoms with Crippen LogP contribution < -0.4 is 0 Å². The molecule has 2 aromatic carbocycles. The molecule has 1 heterocycles. The van der Waals surface area contributed by atoms with Crippen molar-refractivity contribution in [3.63, 3.8) is 0 Å². The third-order valence-corrected chi connectivity index (χ3v) is 3.47. The quantitative estimate of drug-likeness (QED) is 0.657. The van der Waals surface area contributed by atoms with Gasteiger partial charge in [0.25, 0.3) is 5.89 Å². The van der Waals surface area contributed by atoms with Gasteiger partial charge in [-0.3, -0.25) is 4.79 Å². The zero-order valence-corrected chi connectivity index (χ0v) is 13.2. The second-order valence-corrected chi connectivity index (χ2v) is 5.38. The second-order valence-electron chi connectivity index (χ2n) is 4.95. The summed E-state index contributed by atoms with van der Waals surface area (Å²) >= 11 is 5.82. The Balaban J connectivity index is 1.58. The molecule has 3 rings (SSSR count). The summed E-state index contributed by atoms with van der Waals surface area (Å²) in [5, 5.41) is 4.41. The summed E-state index contributed by atoms with van der Waals surface area (Å²) < 4.78 is 23.5. The molecule has 0 fully saturated rings. The van der Waals surface area contributed by atoms with Crippen molar-refractivity contribution in [1.29, 1.82) is 0 Å². The Hall–Kier alpha value is -2.73. The Morgan fingerprint density at radius 1 is 1.17 bits per heavy atom. The van der Waals surface area contributed by atoms with Crippen molar-refractivity contribution in [2.75, 3.05) is 0 Å². The van der Waals surface area contributed by atoms with Gasteiger partial charge in [0.15, 0.2) is 6.61 Å². The lowest BCUT2D eigenvalue weighted by atomic mass is 10.1. The van der Waals surface area contributed by atoms with Gasteiger partial charge < -0.3 is 9.26 Å². The summed E-state index contributed by atoms with van der Waals surface area (Å²) in [5.41, 5.74) is 1.00. The van der Waals surface area contributed by atoms with Gasteiger partial charge in [-0.15, -0.1) is 0 Å². The van der Waals surface area contributed by atoms with E-state index in [0.717, 1.165) is 5.56 Å². The van der Waals surface area contributed by atoms with E-state index in [1.54, 1.807) is 36.4 Å². The molecule has 1 aromatic heterocycles. The predicted octanol–water partition coefficient (Wildman–Crippen LogP) is 3.82. The Morgan fingerprint density at radius 3 is 2.67 bits per heavy atom. The molecule has 0 aliphatic rings. The summed E-state index contributed by atoms with van der Waals surface area (Å²) in [7, 11) is 0. The molecule has 7 heteroatoms. The smallest absolute Gasteiger partial charge is 0.310 e. The van der Waals surface area contributed by atoms with E-state index < -0.39 is 11.8 Å². The van der Waals surface area contributed by atoms with Crippen LogP contribution in [0.4, 0.5) is 4.39 Å². The number of esters is 1. The first-order valence-electron chi connectivity index (χ1n) is 7.09. The maximum absolute atomic E-state index is 13.5. The topological polar surface area (TPSA) is 65.2 Å². The van der Waals surface area contributed by atoms with Crippen LogP contribution in [-0.4, -0.2) is 16.1 Å². The van der Waals surface area contributed by atoms with Gasteiger partial charge in [0, 0.05) is 10.6 Å². The summed E-state index contributed by atoms with van der Waals surface area (Å²) in [6.45, 7) is -0.173. The molecule has 0 N–H and O–H groups in total. The molecule has 0 amide bonds. The van der Waals surface area contributed by atoms with Crippen LogP contribution in [0.5, 0.6) is 0 Å². The number of hydrogen-bond donors (Lipinski definition) is 0. The van der Waals surface area contributed by atoms with Crippen molar-refractivity contribution in [3.05, 3.63) is 70.8 Å². The van der Waals surface area contributed by atoms with Gasteiger partial charge in [0.2, 0.25) is 5.82 Å². The van der Waals surface area contributed by atoms with Crippen molar-refractivity contribution >= 4 is 17.6 Å². The first kappa shape index (κ1) is 16.1. The molecule has 0 spiro atoms. The molecule has 24 heavy (non-hydrogen) atoms. The number of carbonyl (C=O) groups excluding carboxylic acids is 1. The fraction of sp³-hybridized carbons (Fsp3) is 0.118. The number of aromatic nitrogens is 2. The van der Waals surface area contributed by atoms with E-state index in [-0.39, 0.29) is 24.5 Å². The average molecular weight is 347 g/mol. The van der Waals surface area contributed by atoms with E-state index in [0.29, 0.717) is 10.8 Å². The number of halogens is 2. The highest BCUT2D eigenvalue weighted by molar-refractivity contribution is 6.30. The van der Waals surface area contributed by atoms with Crippen LogP contribution in [0, 0.1) is 5.82 Å². The lowest BCUT2D eigenvalue weighted by Gasteiger charge is -2.03. The number of ether oxygens (including phenoxy) is 1. The zero-order valence-electron chi connectivity index (χ0n) is 12.4. The molecule has 122 valence electrons. The van der Waals surface area contributed by atoms with E-state index >= 15 is 0 Å². The Bertz CT molecular complexity index is 849. The molecule has 0 saturated heterocycles. The highest BCUT2D eigenvalue weighted by Crippen LogP contribution is 2.19. The minimum Gasteiger partial charge on any atom is -0.455 e. The maximum atomic E-state index is 13.5. The van der Waals surface area contributed by atoms with E-state index in [2.05, 4.69) is 10.1 Å². The maximum Gasteiger partial charge on any atom is 0.310 e. The van der Waals surface area contributed by atoms with Crippen LogP contribution in [0.3, 0.4) is 0 Å². The Kier molecular flexibility index (Phi) is 4.86. The normalized spacial score (nSPS) is 10.6. The largest absolute Gasteiger partial charge is 0.455 e. The molecule has 0 aliphatic carbocycles. The zero-order chi connectivity index (χ0) is 16.9. The van der Waals surface area contributed by atoms with Crippen LogP contribution in [-0.2, 0) is 22.6 Å². The summed E-state index contributed by atoms with van der Waals surface area (Å²) in [6, 6.07) is 13.0. The molecule has 0 unspecified atom stereocenters. The molecule has 3 aromatic rings. The standard InChI is InChI=1S/C17H12ClFN2O3/c18-13-7-5-11(6-8-13)17-20-15(24-21-17)10-23-16(22)9-12-3-1-2-4-14(12)19/h1-8H,9-10H2. The second kappa shape index (κ2) is 7.23. The average Bonchev–Trinajstić information content (AvgIpc) is 3.05. The van der Waals surface area contributed by atoms with E-state index in [9.17, 15) is 9.18 Å². The third-order valence-electron chi connectivity index (χ3n) is 3.22. The van der Waals surface area contributed by atoms with Crippen molar-refractivity contribution < 1.29 is 18.4 Å². The number of rotatable bonds is 5. The number of benzene rings is 2. The minimum absolute atomic E-state index is 0.154. The molecular weight excluding hydrogens is 335 g/mol. The lowest BCUT2D eigenvalue weighted by molar-refractivity contribution is -0.144. The molecule has 0 bridgehead atoms. The highest BCUT2D eigenvalue weighted by atomic mass is 35.5. The van der Waals surface area contributed by atoms with Crippen molar-refractivity contribution in [1.82, 2.24) is 10.1 Å². The van der Waals surface area contributed by atoms with E-state index in [4.69, 9.17) is 20.9 Å². The van der Waals surface area contributed by atoms with Gasteiger partial charge >= 0.3 is 5.97 Å². The van der Waals surface area contributed by atoms with E-state index in [1.807, 2.05) is 0 Å². The first-order valence-corrected chi connectivity index (χ1v) is 7.47. The Morgan fingerprint density at radius 2 is 1.92 bits per heavy atom. The monoisotopic (exact) mass is 346 g/mol. The van der Waals surface area contributed by atoms with Gasteiger partial charge in [-0.2, -0.15) is 4.98 Å². The molecular formula is C17H12ClFN2O3. The van der Waals surface area contributed by atoms with Crippen LogP contribution in [0.2, 0.25) is 5.02 Å². The van der Waals surface area contributed by atoms with Gasteiger partial charge in [-0.05, 0) is 35.9 Å².